The minimum absolute atomic E-state index is 0.225. The molecule has 0 amide bonds. The maximum absolute atomic E-state index is 13.5. The third-order valence-corrected chi connectivity index (χ3v) is 3.46. The highest BCUT2D eigenvalue weighted by atomic mass is 79.9. The Hall–Kier alpha value is -1.49. The van der Waals surface area contributed by atoms with Gasteiger partial charge in [0.05, 0.1) is 10.7 Å². The molecule has 0 saturated carbocycles. The van der Waals surface area contributed by atoms with Crippen LogP contribution < -0.4 is 0 Å². The second kappa shape index (κ2) is 5.65. The number of aromatic nitrogens is 2. The van der Waals surface area contributed by atoms with E-state index in [1.54, 1.807) is 29.9 Å². The topological polar surface area (TPSA) is 34.9 Å². The molecule has 0 spiro atoms. The van der Waals surface area contributed by atoms with E-state index in [0.29, 0.717) is 27.8 Å². The van der Waals surface area contributed by atoms with E-state index < -0.39 is 0 Å². The number of nitrogens with zero attached hydrogens (tertiary/aromatic N) is 2. The summed E-state index contributed by atoms with van der Waals surface area (Å²) in [4.78, 5) is 12.4. The molecule has 2 rings (SSSR count). The van der Waals surface area contributed by atoms with Crippen LogP contribution in [0.2, 0.25) is 0 Å². The first-order valence-corrected chi connectivity index (χ1v) is 6.86. The number of ketones is 1. The van der Waals surface area contributed by atoms with Crippen LogP contribution in [0.5, 0.6) is 0 Å². The number of carbonyl (C=O) groups is 1. The van der Waals surface area contributed by atoms with Gasteiger partial charge in [-0.3, -0.25) is 9.48 Å². The summed E-state index contributed by atoms with van der Waals surface area (Å²) in [5, 5.41) is 4.15. The molecule has 1 aromatic carbocycles. The summed E-state index contributed by atoms with van der Waals surface area (Å²) in [5.74, 6) is -0.597. The summed E-state index contributed by atoms with van der Waals surface area (Å²) in [5.41, 5.74) is 1.32. The van der Waals surface area contributed by atoms with E-state index in [0.717, 1.165) is 6.42 Å². The Morgan fingerprint density at radius 3 is 2.84 bits per heavy atom. The predicted octanol–water partition coefficient (Wildman–Crippen LogP) is 3.73. The summed E-state index contributed by atoms with van der Waals surface area (Å²) in [6, 6.07) is 4.51. The van der Waals surface area contributed by atoms with Gasteiger partial charge < -0.3 is 0 Å². The molecule has 0 fully saturated rings. The van der Waals surface area contributed by atoms with E-state index in [4.69, 9.17) is 0 Å². The predicted molar refractivity (Wildman–Crippen MR) is 74.8 cm³/mol. The van der Waals surface area contributed by atoms with Crippen molar-refractivity contribution >= 4 is 21.7 Å². The maximum atomic E-state index is 13.5. The van der Waals surface area contributed by atoms with Crippen LogP contribution in [0.3, 0.4) is 0 Å². The van der Waals surface area contributed by atoms with E-state index in [-0.39, 0.29) is 11.6 Å². The van der Waals surface area contributed by atoms with Gasteiger partial charge in [-0.2, -0.15) is 5.10 Å². The van der Waals surface area contributed by atoms with Gasteiger partial charge in [0.1, 0.15) is 11.5 Å². The van der Waals surface area contributed by atoms with E-state index >= 15 is 0 Å². The molecule has 100 valence electrons. The summed E-state index contributed by atoms with van der Waals surface area (Å²) in [6.07, 6.45) is 2.46. The van der Waals surface area contributed by atoms with Crippen molar-refractivity contribution in [2.75, 3.05) is 0 Å². The molecule has 0 aliphatic rings. The third-order valence-electron chi connectivity index (χ3n) is 2.88. The van der Waals surface area contributed by atoms with Crippen molar-refractivity contribution < 1.29 is 9.18 Å². The van der Waals surface area contributed by atoms with Crippen LogP contribution >= 0.6 is 15.9 Å². The molecule has 0 unspecified atom stereocenters. The van der Waals surface area contributed by atoms with Gasteiger partial charge in [-0.25, -0.2) is 4.39 Å². The SMILES string of the molecule is CCCn1ncc(Br)c1C(=O)c1ccc(C)c(F)c1. The maximum Gasteiger partial charge on any atom is 0.212 e. The van der Waals surface area contributed by atoms with Crippen molar-refractivity contribution in [3.05, 3.63) is 51.5 Å². The summed E-state index contributed by atoms with van der Waals surface area (Å²) >= 11 is 3.32. The molecule has 19 heavy (non-hydrogen) atoms. The number of halogens is 2. The van der Waals surface area contributed by atoms with E-state index in [2.05, 4.69) is 21.0 Å². The Kier molecular flexibility index (Phi) is 4.14. The fraction of sp³-hybridized carbons (Fsp3) is 0.286. The van der Waals surface area contributed by atoms with Gasteiger partial charge in [0.25, 0.3) is 0 Å². The Bertz CT molecular complexity index is 622. The molecule has 2 aromatic rings. The average Bonchev–Trinajstić information content (AvgIpc) is 2.74. The number of carbonyl (C=O) groups excluding carboxylic acids is 1. The van der Waals surface area contributed by atoms with Gasteiger partial charge in [0.2, 0.25) is 5.78 Å². The highest BCUT2D eigenvalue weighted by Crippen LogP contribution is 2.21. The van der Waals surface area contributed by atoms with Crippen LogP contribution in [0.1, 0.15) is 35.0 Å². The molecule has 5 heteroatoms. The molecule has 0 atom stereocenters. The number of hydrogen-bond acceptors (Lipinski definition) is 2. The van der Waals surface area contributed by atoms with Crippen molar-refractivity contribution in [2.45, 2.75) is 26.8 Å². The summed E-state index contributed by atoms with van der Waals surface area (Å²) < 4.78 is 15.8. The lowest BCUT2D eigenvalue weighted by Gasteiger charge is -2.07. The molecular formula is C14H14BrFN2O. The molecule has 1 heterocycles. The van der Waals surface area contributed by atoms with Crippen molar-refractivity contribution in [3.8, 4) is 0 Å². The molecule has 0 bridgehead atoms. The minimum Gasteiger partial charge on any atom is -0.287 e. The molecule has 0 N–H and O–H groups in total. The van der Waals surface area contributed by atoms with E-state index in [1.807, 2.05) is 6.92 Å². The lowest BCUT2D eigenvalue weighted by molar-refractivity contribution is 0.102. The standard InChI is InChI=1S/C14H14BrFN2O/c1-3-6-18-13(11(15)8-17-18)14(19)10-5-4-9(2)12(16)7-10/h4-5,7-8H,3,6H2,1-2H3. The third kappa shape index (κ3) is 2.76. The molecule has 3 nitrogen and oxygen atoms in total. The molecule has 1 aromatic heterocycles. The summed E-state index contributed by atoms with van der Waals surface area (Å²) in [7, 11) is 0. The van der Waals surface area contributed by atoms with Crippen LogP contribution in [0.15, 0.2) is 28.9 Å². The fourth-order valence-corrected chi connectivity index (χ4v) is 2.32. The van der Waals surface area contributed by atoms with Crippen molar-refractivity contribution in [1.82, 2.24) is 9.78 Å². The molecule has 0 radical (unpaired) electrons. The van der Waals surface area contributed by atoms with Gasteiger partial charge in [-0.05, 0) is 40.9 Å². The number of hydrogen-bond donors (Lipinski definition) is 0. The second-order valence-electron chi connectivity index (χ2n) is 4.36. The normalized spacial score (nSPS) is 10.7. The van der Waals surface area contributed by atoms with Crippen molar-refractivity contribution in [3.63, 3.8) is 0 Å². The highest BCUT2D eigenvalue weighted by Gasteiger charge is 2.19. The monoisotopic (exact) mass is 324 g/mol. The van der Waals surface area contributed by atoms with Crippen LogP contribution in [-0.2, 0) is 6.54 Å². The van der Waals surface area contributed by atoms with Gasteiger partial charge >= 0.3 is 0 Å². The molecule has 0 saturated heterocycles. The molecule has 0 aliphatic heterocycles. The average molecular weight is 325 g/mol. The lowest BCUT2D eigenvalue weighted by atomic mass is 10.1. The van der Waals surface area contributed by atoms with Crippen molar-refractivity contribution in [2.24, 2.45) is 0 Å². The minimum atomic E-state index is -0.372. The van der Waals surface area contributed by atoms with E-state index in [9.17, 15) is 9.18 Å². The number of aryl methyl sites for hydroxylation is 2. The quantitative estimate of drug-likeness (QED) is 0.803. The number of benzene rings is 1. The molecular weight excluding hydrogens is 311 g/mol. The van der Waals surface area contributed by atoms with Crippen molar-refractivity contribution in [1.29, 1.82) is 0 Å². The Labute approximate surface area is 119 Å². The largest absolute Gasteiger partial charge is 0.287 e. The van der Waals surface area contributed by atoms with Gasteiger partial charge in [-0.15, -0.1) is 0 Å². The van der Waals surface area contributed by atoms with Crippen LogP contribution in [0.4, 0.5) is 4.39 Å². The first kappa shape index (κ1) is 13.9. The summed E-state index contributed by atoms with van der Waals surface area (Å²) in [6.45, 7) is 4.33. The highest BCUT2D eigenvalue weighted by molar-refractivity contribution is 9.10. The zero-order valence-electron chi connectivity index (χ0n) is 10.8. The van der Waals surface area contributed by atoms with Gasteiger partial charge in [0, 0.05) is 12.1 Å². The molecule has 0 aliphatic carbocycles. The smallest absolute Gasteiger partial charge is 0.212 e. The second-order valence-corrected chi connectivity index (χ2v) is 5.21. The Morgan fingerprint density at radius 2 is 2.21 bits per heavy atom. The van der Waals surface area contributed by atoms with Crippen LogP contribution in [0, 0.1) is 12.7 Å². The fourth-order valence-electron chi connectivity index (χ4n) is 1.84. The van der Waals surface area contributed by atoms with E-state index in [1.165, 1.54) is 6.07 Å². The Balaban J connectivity index is 2.43. The lowest BCUT2D eigenvalue weighted by Crippen LogP contribution is -2.12. The van der Waals surface area contributed by atoms with Gasteiger partial charge in [0.15, 0.2) is 0 Å². The van der Waals surface area contributed by atoms with Crippen LogP contribution in [-0.4, -0.2) is 15.6 Å². The number of rotatable bonds is 4. The Morgan fingerprint density at radius 1 is 1.47 bits per heavy atom. The van der Waals surface area contributed by atoms with Gasteiger partial charge in [-0.1, -0.05) is 19.1 Å². The zero-order valence-corrected chi connectivity index (χ0v) is 12.4. The van der Waals surface area contributed by atoms with Crippen LogP contribution in [0.25, 0.3) is 0 Å². The zero-order chi connectivity index (χ0) is 14.0. The first-order chi connectivity index (χ1) is 9.04. The first-order valence-electron chi connectivity index (χ1n) is 6.06.